The molecule has 76 valence electrons. The van der Waals surface area contributed by atoms with Crippen LogP contribution >= 0.6 is 15.9 Å². The van der Waals surface area contributed by atoms with Gasteiger partial charge in [0.1, 0.15) is 0 Å². The molecule has 0 fully saturated rings. The van der Waals surface area contributed by atoms with E-state index in [4.69, 9.17) is 0 Å². The maximum atomic E-state index is 9.96. The molecule has 1 aliphatic rings. The van der Waals surface area contributed by atoms with Crippen LogP contribution in [-0.4, -0.2) is 11.2 Å². The van der Waals surface area contributed by atoms with Crippen LogP contribution < -0.4 is 0 Å². The molecule has 0 heterocycles. The summed E-state index contributed by atoms with van der Waals surface area (Å²) in [5, 5.41) is 9.96. The van der Waals surface area contributed by atoms with Crippen molar-refractivity contribution in [2.75, 3.05) is 0 Å². The van der Waals surface area contributed by atoms with Gasteiger partial charge < -0.3 is 5.11 Å². The van der Waals surface area contributed by atoms with Crippen molar-refractivity contribution in [1.29, 1.82) is 0 Å². The Bertz CT molecular complexity index is 357. The molecule has 14 heavy (non-hydrogen) atoms. The van der Waals surface area contributed by atoms with Crippen LogP contribution in [0.3, 0.4) is 0 Å². The maximum Gasteiger partial charge on any atom is 0.0634 e. The van der Waals surface area contributed by atoms with Gasteiger partial charge in [0.15, 0.2) is 0 Å². The lowest BCUT2D eigenvalue weighted by Crippen LogP contribution is -2.38. The van der Waals surface area contributed by atoms with Crippen molar-refractivity contribution in [3.8, 4) is 0 Å². The molecule has 1 aliphatic carbocycles. The molecule has 2 rings (SSSR count). The monoisotopic (exact) mass is 254 g/mol. The number of hydrogen-bond donors (Lipinski definition) is 1. The van der Waals surface area contributed by atoms with E-state index >= 15 is 0 Å². The van der Waals surface area contributed by atoms with E-state index in [9.17, 15) is 5.11 Å². The van der Waals surface area contributed by atoms with Crippen LogP contribution in [0.2, 0.25) is 0 Å². The van der Waals surface area contributed by atoms with Crippen molar-refractivity contribution in [2.24, 2.45) is 0 Å². The van der Waals surface area contributed by atoms with Gasteiger partial charge >= 0.3 is 0 Å². The second-order valence-corrected chi connectivity index (χ2v) is 5.40. The van der Waals surface area contributed by atoms with Crippen LogP contribution in [0.4, 0.5) is 0 Å². The van der Waals surface area contributed by atoms with Crippen molar-refractivity contribution < 1.29 is 5.11 Å². The highest BCUT2D eigenvalue weighted by Crippen LogP contribution is 2.39. The Morgan fingerprint density at radius 1 is 1.43 bits per heavy atom. The molecule has 1 aromatic carbocycles. The van der Waals surface area contributed by atoms with Crippen LogP contribution in [0.1, 0.15) is 31.4 Å². The van der Waals surface area contributed by atoms with Crippen LogP contribution in [0.15, 0.2) is 22.7 Å². The van der Waals surface area contributed by atoms with Crippen molar-refractivity contribution >= 4 is 15.9 Å². The zero-order valence-corrected chi connectivity index (χ0v) is 10.1. The summed E-state index contributed by atoms with van der Waals surface area (Å²) < 4.78 is 1.18. The standard InChI is InChI=1S/C12H15BrO/c1-12(2)9-4-3-5-10(13)8(9)6-7-11(12)14/h3-5,11,14H,6-7H2,1-2H3. The summed E-state index contributed by atoms with van der Waals surface area (Å²) >= 11 is 3.57. The number of aliphatic hydroxyl groups excluding tert-OH is 1. The van der Waals surface area contributed by atoms with Crippen molar-refractivity contribution in [1.82, 2.24) is 0 Å². The van der Waals surface area contributed by atoms with Gasteiger partial charge in [0.05, 0.1) is 6.10 Å². The third-order valence-corrected chi connectivity index (χ3v) is 4.06. The second-order valence-electron chi connectivity index (χ2n) is 4.54. The minimum absolute atomic E-state index is 0.114. The Morgan fingerprint density at radius 2 is 2.14 bits per heavy atom. The van der Waals surface area contributed by atoms with Gasteiger partial charge in [-0.3, -0.25) is 0 Å². The van der Waals surface area contributed by atoms with Gasteiger partial charge in [-0.1, -0.05) is 41.9 Å². The minimum atomic E-state index is -0.218. The van der Waals surface area contributed by atoms with E-state index < -0.39 is 0 Å². The summed E-state index contributed by atoms with van der Waals surface area (Å²) in [6, 6.07) is 6.25. The molecular weight excluding hydrogens is 240 g/mol. The summed E-state index contributed by atoms with van der Waals surface area (Å²) in [5.41, 5.74) is 2.53. The normalized spacial score (nSPS) is 24.4. The Labute approximate surface area is 93.3 Å². The topological polar surface area (TPSA) is 20.2 Å². The SMILES string of the molecule is CC1(C)c2cccc(Br)c2CCC1O. The Kier molecular flexibility index (Phi) is 2.44. The predicted octanol–water partition coefficient (Wildman–Crippen LogP) is 3.03. The summed E-state index contributed by atoms with van der Waals surface area (Å²) in [6.45, 7) is 4.23. The molecule has 0 saturated carbocycles. The first-order valence-electron chi connectivity index (χ1n) is 4.99. The third-order valence-electron chi connectivity index (χ3n) is 3.31. The summed E-state index contributed by atoms with van der Waals surface area (Å²) in [6.07, 6.45) is 1.62. The van der Waals surface area contributed by atoms with Gasteiger partial charge in [-0.25, -0.2) is 0 Å². The highest BCUT2D eigenvalue weighted by molar-refractivity contribution is 9.10. The van der Waals surface area contributed by atoms with E-state index in [0.717, 1.165) is 12.8 Å². The molecule has 1 aromatic rings. The number of fused-ring (bicyclic) bond motifs is 1. The van der Waals surface area contributed by atoms with Crippen LogP contribution in [0, 0.1) is 0 Å². The lowest BCUT2D eigenvalue weighted by molar-refractivity contribution is 0.0830. The van der Waals surface area contributed by atoms with Crippen LogP contribution in [-0.2, 0) is 11.8 Å². The van der Waals surface area contributed by atoms with Gasteiger partial charge in [0.25, 0.3) is 0 Å². The number of rotatable bonds is 0. The van der Waals surface area contributed by atoms with E-state index in [2.05, 4.69) is 41.9 Å². The minimum Gasteiger partial charge on any atom is -0.392 e. The number of halogens is 1. The van der Waals surface area contributed by atoms with Crippen molar-refractivity contribution in [3.05, 3.63) is 33.8 Å². The molecule has 0 aliphatic heterocycles. The molecule has 2 heteroatoms. The van der Waals surface area contributed by atoms with E-state index in [-0.39, 0.29) is 11.5 Å². The van der Waals surface area contributed by atoms with Crippen LogP contribution in [0.5, 0.6) is 0 Å². The quantitative estimate of drug-likeness (QED) is 0.755. The Balaban J connectivity index is 2.59. The molecule has 1 nitrogen and oxygen atoms in total. The molecule has 0 spiro atoms. The van der Waals surface area contributed by atoms with Gasteiger partial charge in [0, 0.05) is 9.89 Å². The first kappa shape index (κ1) is 10.2. The number of benzene rings is 1. The van der Waals surface area contributed by atoms with E-state index in [0.29, 0.717) is 0 Å². The summed E-state index contributed by atoms with van der Waals surface area (Å²) in [5.74, 6) is 0. The average Bonchev–Trinajstić information content (AvgIpc) is 2.13. The van der Waals surface area contributed by atoms with Gasteiger partial charge in [-0.05, 0) is 30.0 Å². The lowest BCUT2D eigenvalue weighted by atomic mass is 9.71. The molecule has 0 bridgehead atoms. The average molecular weight is 255 g/mol. The second kappa shape index (κ2) is 3.35. The molecule has 1 unspecified atom stereocenters. The molecule has 0 amide bonds. The van der Waals surface area contributed by atoms with Crippen LogP contribution in [0.25, 0.3) is 0 Å². The fourth-order valence-corrected chi connectivity index (χ4v) is 2.80. The van der Waals surface area contributed by atoms with Gasteiger partial charge in [-0.2, -0.15) is 0 Å². The summed E-state index contributed by atoms with van der Waals surface area (Å²) in [4.78, 5) is 0. The lowest BCUT2D eigenvalue weighted by Gasteiger charge is -2.37. The van der Waals surface area contributed by atoms with E-state index in [1.165, 1.54) is 15.6 Å². The zero-order chi connectivity index (χ0) is 10.3. The summed E-state index contributed by atoms with van der Waals surface area (Å²) in [7, 11) is 0. The highest BCUT2D eigenvalue weighted by atomic mass is 79.9. The smallest absolute Gasteiger partial charge is 0.0634 e. The van der Waals surface area contributed by atoms with Gasteiger partial charge in [-0.15, -0.1) is 0 Å². The van der Waals surface area contributed by atoms with Gasteiger partial charge in [0.2, 0.25) is 0 Å². The van der Waals surface area contributed by atoms with Crippen molar-refractivity contribution in [3.63, 3.8) is 0 Å². The van der Waals surface area contributed by atoms with E-state index in [1.807, 2.05) is 6.07 Å². The fourth-order valence-electron chi connectivity index (χ4n) is 2.24. The molecule has 1 atom stereocenters. The maximum absolute atomic E-state index is 9.96. The number of hydrogen-bond acceptors (Lipinski definition) is 1. The van der Waals surface area contributed by atoms with E-state index in [1.54, 1.807) is 0 Å². The third kappa shape index (κ3) is 1.41. The molecule has 0 radical (unpaired) electrons. The fraction of sp³-hybridized carbons (Fsp3) is 0.500. The zero-order valence-electron chi connectivity index (χ0n) is 8.55. The molecule has 0 saturated heterocycles. The largest absolute Gasteiger partial charge is 0.392 e. The highest BCUT2D eigenvalue weighted by Gasteiger charge is 2.35. The number of aliphatic hydroxyl groups is 1. The molecule has 1 N–H and O–H groups in total. The van der Waals surface area contributed by atoms with Crippen molar-refractivity contribution in [2.45, 2.75) is 38.2 Å². The molecular formula is C12H15BrO. The Hall–Kier alpha value is -0.340. The Morgan fingerprint density at radius 3 is 2.86 bits per heavy atom. The predicted molar refractivity (Wildman–Crippen MR) is 61.5 cm³/mol. The molecule has 0 aromatic heterocycles. The first-order chi connectivity index (χ1) is 6.53. The first-order valence-corrected chi connectivity index (χ1v) is 5.78.